The zero-order chi connectivity index (χ0) is 40.3. The Balaban J connectivity index is 1.15. The fraction of sp³-hybridized carbons (Fsp3) is 0.548. The monoisotopic (exact) mass is 817 g/mol. The first-order valence-electron chi connectivity index (χ1n) is 20.1. The van der Waals surface area contributed by atoms with Gasteiger partial charge in [-0.1, -0.05) is 31.9 Å². The summed E-state index contributed by atoms with van der Waals surface area (Å²) in [6.07, 6.45) is 10.2. The number of hydrogen-bond donors (Lipinski definition) is 3. The van der Waals surface area contributed by atoms with E-state index in [1.807, 2.05) is 49.6 Å². The molecule has 0 radical (unpaired) electrons. The molecule has 15 heteroatoms. The van der Waals surface area contributed by atoms with Crippen molar-refractivity contribution in [2.24, 2.45) is 5.92 Å². The molecule has 2 aromatic heterocycles. The van der Waals surface area contributed by atoms with Crippen molar-refractivity contribution in [2.45, 2.75) is 126 Å². The molecule has 3 aromatic rings. The molecule has 5 aliphatic rings. The van der Waals surface area contributed by atoms with Crippen LogP contribution in [0.1, 0.15) is 105 Å². The van der Waals surface area contributed by atoms with Crippen LogP contribution in [0.3, 0.4) is 0 Å². The summed E-state index contributed by atoms with van der Waals surface area (Å²) in [5.41, 5.74) is 1.06. The minimum absolute atomic E-state index is 0.0718. The van der Waals surface area contributed by atoms with E-state index in [9.17, 15) is 27.6 Å². The van der Waals surface area contributed by atoms with Gasteiger partial charge in [-0.05, 0) is 107 Å². The molecule has 4 amide bonds. The van der Waals surface area contributed by atoms with Gasteiger partial charge in [-0.25, -0.2) is 13.4 Å². The Morgan fingerprint density at radius 3 is 2.65 bits per heavy atom. The Morgan fingerprint density at radius 1 is 1.12 bits per heavy atom. The third kappa shape index (κ3) is 7.30. The van der Waals surface area contributed by atoms with E-state index in [1.165, 1.54) is 16.2 Å². The zero-order valence-corrected chi connectivity index (χ0v) is 34.6. The average molecular weight is 818 g/mol. The standard InChI is InChI=1S/C42H51N5O8S2/c1-5-30-35-28(29-20-27(54-4)13-14-31(29)43-30)15-16-41(55-35)22-33-36(48)45-42(39(51)46-57(52,53)40(3)17-18-40)21-26(42)11-9-7-6-8-10-12-32(38(50)47(33)24-41)44-37(49)34-19-25(2)23-56-34/h9,11,13-14,19-20,23,26,32-33H,5-8,10,12,15-18,21-22,24H2,1-4H3,(H,44,49)(H,45,48)(H,46,51)/b11-9-/t26-,32+,33+,41-,42-/m1/s1. The summed E-state index contributed by atoms with van der Waals surface area (Å²) < 4.78 is 40.3. The summed E-state index contributed by atoms with van der Waals surface area (Å²) in [5.74, 6) is -1.18. The maximum atomic E-state index is 14.9. The number of carbonyl (C=O) groups is 4. The summed E-state index contributed by atoms with van der Waals surface area (Å²) in [4.78, 5) is 64.2. The second kappa shape index (κ2) is 14.7. The highest BCUT2D eigenvalue weighted by atomic mass is 32.2. The molecule has 57 heavy (non-hydrogen) atoms. The molecule has 1 saturated heterocycles. The van der Waals surface area contributed by atoms with Crippen LogP contribution >= 0.6 is 11.3 Å². The number of carbonyl (C=O) groups excluding carboxylic acids is 4. The number of allylic oxidation sites excluding steroid dienone is 1. The Kier molecular flexibility index (Phi) is 10.1. The first kappa shape index (κ1) is 39.3. The molecular weight excluding hydrogens is 767 g/mol. The topological polar surface area (TPSA) is 173 Å². The molecule has 2 saturated carbocycles. The molecular formula is C42H51N5O8S2. The normalized spacial score (nSPS) is 28.8. The van der Waals surface area contributed by atoms with Gasteiger partial charge in [-0.3, -0.25) is 23.9 Å². The molecule has 5 atom stereocenters. The number of methoxy groups -OCH3 is 1. The number of aromatic nitrogens is 1. The highest BCUT2D eigenvalue weighted by Gasteiger charge is 2.64. The minimum atomic E-state index is -3.99. The Bertz CT molecular complexity index is 2290. The fourth-order valence-corrected chi connectivity index (χ4v) is 10.8. The summed E-state index contributed by atoms with van der Waals surface area (Å²) in [6.45, 7) is 5.60. The van der Waals surface area contributed by atoms with E-state index in [1.54, 1.807) is 20.1 Å². The van der Waals surface area contributed by atoms with Gasteiger partial charge in [0, 0.05) is 23.3 Å². The van der Waals surface area contributed by atoms with Gasteiger partial charge in [0.05, 0.1) is 34.5 Å². The smallest absolute Gasteiger partial charge is 0.262 e. The van der Waals surface area contributed by atoms with Gasteiger partial charge < -0.3 is 25.0 Å². The van der Waals surface area contributed by atoms with Crippen LogP contribution < -0.4 is 24.8 Å². The highest BCUT2D eigenvalue weighted by Crippen LogP contribution is 2.49. The van der Waals surface area contributed by atoms with E-state index in [0.29, 0.717) is 67.7 Å². The minimum Gasteiger partial charge on any atom is -0.497 e. The number of nitrogens with zero attached hydrogens (tertiary/aromatic N) is 2. The highest BCUT2D eigenvalue weighted by molar-refractivity contribution is 7.91. The Hall–Kier alpha value is -4.50. The van der Waals surface area contributed by atoms with E-state index in [4.69, 9.17) is 14.5 Å². The molecule has 5 heterocycles. The first-order valence-corrected chi connectivity index (χ1v) is 22.5. The summed E-state index contributed by atoms with van der Waals surface area (Å²) in [7, 11) is -2.37. The van der Waals surface area contributed by atoms with Crippen LogP contribution in [0.15, 0.2) is 41.8 Å². The van der Waals surface area contributed by atoms with Crippen LogP contribution in [0.5, 0.6) is 11.5 Å². The number of hydrogen-bond acceptors (Lipinski definition) is 10. The quantitative estimate of drug-likeness (QED) is 0.277. The lowest BCUT2D eigenvalue weighted by Crippen LogP contribution is -2.58. The van der Waals surface area contributed by atoms with Crippen LogP contribution in [0.2, 0.25) is 0 Å². The van der Waals surface area contributed by atoms with Crippen LogP contribution in [-0.4, -0.2) is 83.6 Å². The molecule has 0 unspecified atom stereocenters. The van der Waals surface area contributed by atoms with Gasteiger partial charge in [-0.15, -0.1) is 11.3 Å². The van der Waals surface area contributed by atoms with Crippen molar-refractivity contribution in [1.29, 1.82) is 0 Å². The second-order valence-corrected chi connectivity index (χ2v) is 19.9. The van der Waals surface area contributed by atoms with Crippen LogP contribution in [0.25, 0.3) is 10.9 Å². The van der Waals surface area contributed by atoms with Crippen LogP contribution in [-0.2, 0) is 37.2 Å². The van der Waals surface area contributed by atoms with Gasteiger partial charge in [0.2, 0.25) is 21.8 Å². The molecule has 0 bridgehead atoms. The lowest BCUT2D eigenvalue weighted by molar-refractivity contribution is -0.141. The number of ether oxygens (including phenoxy) is 2. The first-order chi connectivity index (χ1) is 27.2. The number of aryl methyl sites for hydroxylation is 3. The lowest BCUT2D eigenvalue weighted by atomic mass is 9.87. The van der Waals surface area contributed by atoms with Gasteiger partial charge in [0.15, 0.2) is 0 Å². The molecule has 3 N–H and O–H groups in total. The van der Waals surface area contributed by atoms with Gasteiger partial charge >= 0.3 is 0 Å². The summed E-state index contributed by atoms with van der Waals surface area (Å²) in [5, 5.41) is 8.79. The van der Waals surface area contributed by atoms with Crippen molar-refractivity contribution in [3.8, 4) is 11.5 Å². The molecule has 3 aliphatic heterocycles. The maximum Gasteiger partial charge on any atom is 0.262 e. The Labute approximate surface area is 337 Å². The van der Waals surface area contributed by atoms with E-state index in [-0.39, 0.29) is 25.3 Å². The van der Waals surface area contributed by atoms with Crippen LogP contribution in [0.4, 0.5) is 0 Å². The number of amides is 4. The largest absolute Gasteiger partial charge is 0.497 e. The van der Waals surface area contributed by atoms with Crippen molar-refractivity contribution in [3.63, 3.8) is 0 Å². The average Bonchev–Trinajstić information content (AvgIpc) is 4.01. The molecule has 8 rings (SSSR count). The fourth-order valence-electron chi connectivity index (χ4n) is 8.72. The third-order valence-corrected chi connectivity index (χ3v) is 15.9. The summed E-state index contributed by atoms with van der Waals surface area (Å²) in [6, 6.07) is 5.57. The van der Waals surface area contributed by atoms with E-state index in [0.717, 1.165) is 40.6 Å². The lowest BCUT2D eigenvalue weighted by Gasteiger charge is -2.37. The molecule has 1 aromatic carbocycles. The number of pyridine rings is 1. The third-order valence-electron chi connectivity index (χ3n) is 12.7. The van der Waals surface area contributed by atoms with Crippen molar-refractivity contribution >= 4 is 55.9 Å². The molecule has 304 valence electrons. The van der Waals surface area contributed by atoms with Gasteiger partial charge in [-0.2, -0.15) is 0 Å². The van der Waals surface area contributed by atoms with Gasteiger partial charge in [0.25, 0.3) is 11.8 Å². The second-order valence-electron chi connectivity index (χ2n) is 16.8. The maximum absolute atomic E-state index is 14.9. The van der Waals surface area contributed by atoms with Crippen molar-refractivity contribution in [3.05, 3.63) is 63.5 Å². The number of benzene rings is 1. The molecule has 13 nitrogen and oxygen atoms in total. The molecule has 1 spiro atoms. The van der Waals surface area contributed by atoms with E-state index in [2.05, 4.69) is 15.4 Å². The van der Waals surface area contributed by atoms with Crippen molar-refractivity contribution in [2.75, 3.05) is 13.7 Å². The number of fused-ring (bicyclic) bond motifs is 5. The summed E-state index contributed by atoms with van der Waals surface area (Å²) >= 11 is 1.31. The number of sulfonamides is 1. The van der Waals surface area contributed by atoms with Gasteiger partial charge in [0.1, 0.15) is 34.7 Å². The van der Waals surface area contributed by atoms with E-state index < -0.39 is 61.6 Å². The molecule has 3 fully saturated rings. The predicted molar refractivity (Wildman–Crippen MR) is 216 cm³/mol. The van der Waals surface area contributed by atoms with Crippen LogP contribution in [0, 0.1) is 12.8 Å². The van der Waals surface area contributed by atoms with E-state index >= 15 is 0 Å². The number of thiophene rings is 1. The molecule has 2 aliphatic carbocycles. The van der Waals surface area contributed by atoms with Crippen molar-refractivity contribution in [1.82, 2.24) is 25.2 Å². The van der Waals surface area contributed by atoms with Crippen molar-refractivity contribution < 1.29 is 37.1 Å². The zero-order valence-electron chi connectivity index (χ0n) is 32.9. The Morgan fingerprint density at radius 2 is 1.93 bits per heavy atom. The SMILES string of the molecule is CCc1nc2ccc(OC)cc2c2c1O[C@]1(CC2)C[C@H]2C(=O)N[C@]3(C(=O)NS(=O)(=O)C4(C)CC4)C[C@H]3/C=C\CCCCC[C@H](NC(=O)c3cc(C)cs3)C(=O)N2C1. The number of nitrogens with one attached hydrogen (secondary N) is 3. The predicted octanol–water partition coefficient (Wildman–Crippen LogP) is 5.03. The number of rotatable bonds is 7.